The maximum atomic E-state index is 11.6. The normalized spacial score (nSPS) is 13.0. The van der Waals surface area contributed by atoms with Gasteiger partial charge in [-0.3, -0.25) is 9.71 Å². The maximum Gasteiger partial charge on any atom is 0.229 e. The molecule has 7 nitrogen and oxygen atoms in total. The van der Waals surface area contributed by atoms with Gasteiger partial charge in [0, 0.05) is 11.6 Å². The molecule has 0 saturated carbocycles. The van der Waals surface area contributed by atoms with E-state index in [9.17, 15) is 13.5 Å². The molecule has 0 aromatic carbocycles. The fourth-order valence-electron chi connectivity index (χ4n) is 2.30. The summed E-state index contributed by atoms with van der Waals surface area (Å²) in [6.45, 7) is 6.01. The van der Waals surface area contributed by atoms with Gasteiger partial charge >= 0.3 is 0 Å². The van der Waals surface area contributed by atoms with Crippen LogP contribution in [0, 0.1) is 0 Å². The highest BCUT2D eigenvalue weighted by atomic mass is 32.2. The van der Waals surface area contributed by atoms with Gasteiger partial charge in [-0.25, -0.2) is 18.4 Å². The van der Waals surface area contributed by atoms with Gasteiger partial charge in [0.2, 0.25) is 10.0 Å². The number of hydrogen-bond donors (Lipinski definition) is 2. The second-order valence-corrected chi connectivity index (χ2v) is 7.95. The highest BCUT2D eigenvalue weighted by Crippen LogP contribution is 2.26. The van der Waals surface area contributed by atoms with Crippen molar-refractivity contribution in [1.29, 1.82) is 0 Å². The first-order chi connectivity index (χ1) is 11.2. The predicted octanol–water partition coefficient (Wildman–Crippen LogP) is 2.42. The minimum Gasteiger partial charge on any atom is -0.505 e. The molecule has 8 heteroatoms. The molecule has 1 atom stereocenters. The van der Waals surface area contributed by atoms with Crippen molar-refractivity contribution >= 4 is 15.7 Å². The molecule has 0 saturated heterocycles. The van der Waals surface area contributed by atoms with E-state index in [1.54, 1.807) is 6.20 Å². The van der Waals surface area contributed by atoms with E-state index in [0.29, 0.717) is 17.9 Å². The summed E-state index contributed by atoms with van der Waals surface area (Å²) >= 11 is 0. The number of aromatic nitrogens is 3. The average Bonchev–Trinajstić information content (AvgIpc) is 2.48. The molecule has 0 spiro atoms. The molecule has 2 aromatic heterocycles. The summed E-state index contributed by atoms with van der Waals surface area (Å²) < 4.78 is 25.7. The summed E-state index contributed by atoms with van der Waals surface area (Å²) in [6.07, 6.45) is 5.90. The molecule has 0 bridgehead atoms. The summed E-state index contributed by atoms with van der Waals surface area (Å²) in [5, 5.41) is 9.29. The standard InChI is InChI=1S/C16H22N4O3S/c1-10(2)14-6-12(15(9-17-14)20-24(4,22)23)5-11(3)16-18-7-13(21)8-19-16/h6-11,20-21H,5H2,1-4H3. The van der Waals surface area contributed by atoms with E-state index >= 15 is 0 Å². The molecule has 24 heavy (non-hydrogen) atoms. The molecule has 1 unspecified atom stereocenters. The Labute approximate surface area is 142 Å². The Morgan fingerprint density at radius 1 is 1.12 bits per heavy atom. The van der Waals surface area contributed by atoms with Crippen molar-refractivity contribution in [1.82, 2.24) is 15.0 Å². The van der Waals surface area contributed by atoms with Crippen LogP contribution in [0.1, 0.15) is 49.7 Å². The molecule has 2 rings (SSSR count). The average molecular weight is 350 g/mol. The van der Waals surface area contributed by atoms with E-state index in [2.05, 4.69) is 19.7 Å². The molecule has 2 N–H and O–H groups in total. The van der Waals surface area contributed by atoms with Gasteiger partial charge in [-0.1, -0.05) is 20.8 Å². The number of pyridine rings is 1. The van der Waals surface area contributed by atoms with Crippen molar-refractivity contribution in [2.75, 3.05) is 11.0 Å². The Morgan fingerprint density at radius 2 is 1.75 bits per heavy atom. The van der Waals surface area contributed by atoms with Crippen molar-refractivity contribution < 1.29 is 13.5 Å². The molecule has 2 aromatic rings. The highest BCUT2D eigenvalue weighted by Gasteiger charge is 2.16. The molecule has 0 aliphatic rings. The third-order valence-electron chi connectivity index (χ3n) is 3.52. The minimum atomic E-state index is -3.39. The van der Waals surface area contributed by atoms with E-state index in [-0.39, 0.29) is 17.6 Å². The third-order valence-corrected chi connectivity index (χ3v) is 4.11. The molecule has 0 fully saturated rings. The number of nitrogens with zero attached hydrogens (tertiary/aromatic N) is 3. The van der Waals surface area contributed by atoms with Crippen LogP contribution in [-0.2, 0) is 16.4 Å². The SMILES string of the molecule is CC(C)c1cc(CC(C)c2ncc(O)cn2)c(NS(C)(=O)=O)cn1. The summed E-state index contributed by atoms with van der Waals surface area (Å²) in [5.41, 5.74) is 2.19. The van der Waals surface area contributed by atoms with E-state index in [1.165, 1.54) is 12.4 Å². The summed E-state index contributed by atoms with van der Waals surface area (Å²) in [4.78, 5) is 12.6. The lowest BCUT2D eigenvalue weighted by Gasteiger charge is -2.16. The van der Waals surface area contributed by atoms with Crippen LogP contribution in [0.3, 0.4) is 0 Å². The molecule has 0 amide bonds. The second kappa shape index (κ2) is 7.12. The fourth-order valence-corrected chi connectivity index (χ4v) is 2.88. The van der Waals surface area contributed by atoms with E-state index in [1.807, 2.05) is 26.8 Å². The number of nitrogens with one attached hydrogen (secondary N) is 1. The van der Waals surface area contributed by atoms with Crippen LogP contribution in [0.2, 0.25) is 0 Å². The van der Waals surface area contributed by atoms with E-state index in [0.717, 1.165) is 17.5 Å². The Kier molecular flexibility index (Phi) is 5.38. The smallest absolute Gasteiger partial charge is 0.229 e. The van der Waals surface area contributed by atoms with Crippen LogP contribution < -0.4 is 4.72 Å². The summed E-state index contributed by atoms with van der Waals surface area (Å²) in [5.74, 6) is 0.779. The van der Waals surface area contributed by atoms with Gasteiger partial charge < -0.3 is 5.11 Å². The van der Waals surface area contributed by atoms with Gasteiger partial charge in [0.25, 0.3) is 0 Å². The largest absolute Gasteiger partial charge is 0.505 e. The number of anilines is 1. The first kappa shape index (κ1) is 18.1. The molecule has 0 radical (unpaired) electrons. The third kappa shape index (κ3) is 4.89. The second-order valence-electron chi connectivity index (χ2n) is 6.20. The zero-order chi connectivity index (χ0) is 17.9. The monoisotopic (exact) mass is 350 g/mol. The fraction of sp³-hybridized carbons (Fsp3) is 0.438. The van der Waals surface area contributed by atoms with E-state index in [4.69, 9.17) is 0 Å². The Morgan fingerprint density at radius 3 is 2.29 bits per heavy atom. The molecule has 2 heterocycles. The lowest BCUT2D eigenvalue weighted by Crippen LogP contribution is -2.14. The molecular formula is C16H22N4O3S. The van der Waals surface area contributed by atoms with Crippen molar-refractivity contribution in [3.8, 4) is 5.75 Å². The maximum absolute atomic E-state index is 11.6. The van der Waals surface area contributed by atoms with Crippen LogP contribution in [-0.4, -0.2) is 34.7 Å². The topological polar surface area (TPSA) is 105 Å². The van der Waals surface area contributed by atoms with Crippen molar-refractivity contribution in [3.63, 3.8) is 0 Å². The number of hydrogen-bond acceptors (Lipinski definition) is 6. The zero-order valence-electron chi connectivity index (χ0n) is 14.2. The van der Waals surface area contributed by atoms with Gasteiger partial charge in [-0.05, 0) is 24.0 Å². The minimum absolute atomic E-state index is 0.0105. The van der Waals surface area contributed by atoms with Gasteiger partial charge in [0.05, 0.1) is 30.5 Å². The summed E-state index contributed by atoms with van der Waals surface area (Å²) in [6, 6.07) is 1.91. The highest BCUT2D eigenvalue weighted by molar-refractivity contribution is 7.92. The first-order valence-electron chi connectivity index (χ1n) is 7.63. The number of rotatable bonds is 6. The molecular weight excluding hydrogens is 328 g/mol. The van der Waals surface area contributed by atoms with Crippen LogP contribution in [0.15, 0.2) is 24.7 Å². The first-order valence-corrected chi connectivity index (χ1v) is 9.52. The predicted molar refractivity (Wildman–Crippen MR) is 92.6 cm³/mol. The van der Waals surface area contributed by atoms with Crippen LogP contribution in [0.25, 0.3) is 0 Å². The van der Waals surface area contributed by atoms with E-state index < -0.39 is 10.0 Å². The molecule has 0 aliphatic carbocycles. The van der Waals surface area contributed by atoms with Gasteiger partial charge in [0.15, 0.2) is 5.75 Å². The van der Waals surface area contributed by atoms with Gasteiger partial charge in [-0.2, -0.15) is 0 Å². The quantitative estimate of drug-likeness (QED) is 0.829. The van der Waals surface area contributed by atoms with Crippen molar-refractivity contribution in [2.24, 2.45) is 0 Å². The van der Waals surface area contributed by atoms with Crippen molar-refractivity contribution in [2.45, 2.75) is 39.0 Å². The number of sulfonamides is 1. The Hall–Kier alpha value is -2.22. The van der Waals surface area contributed by atoms with Crippen LogP contribution >= 0.6 is 0 Å². The zero-order valence-corrected chi connectivity index (χ0v) is 15.0. The van der Waals surface area contributed by atoms with Gasteiger partial charge in [-0.15, -0.1) is 0 Å². The van der Waals surface area contributed by atoms with Gasteiger partial charge in [0.1, 0.15) is 5.82 Å². The Bertz CT molecular complexity index is 805. The lowest BCUT2D eigenvalue weighted by atomic mass is 9.97. The van der Waals surface area contributed by atoms with Crippen molar-refractivity contribution in [3.05, 3.63) is 41.7 Å². The molecule has 0 aliphatic heterocycles. The summed E-state index contributed by atoms with van der Waals surface area (Å²) in [7, 11) is -3.39. The Balaban J connectivity index is 2.34. The molecule has 130 valence electrons. The number of aromatic hydroxyl groups is 1. The van der Waals surface area contributed by atoms with Crippen LogP contribution in [0.4, 0.5) is 5.69 Å². The van der Waals surface area contributed by atoms with Crippen LogP contribution in [0.5, 0.6) is 5.75 Å². The lowest BCUT2D eigenvalue weighted by molar-refractivity contribution is 0.467.